The molecule has 0 N–H and O–H groups in total. The third-order valence-electron chi connectivity index (χ3n) is 1.85. The Morgan fingerprint density at radius 3 is 2.64 bits per heavy atom. The van der Waals surface area contributed by atoms with Gasteiger partial charge >= 0.3 is 0 Å². The maximum atomic E-state index is 11.8. The van der Waals surface area contributed by atoms with Crippen LogP contribution >= 0.6 is 0 Å². The summed E-state index contributed by atoms with van der Waals surface area (Å²) in [7, 11) is 0. The van der Waals surface area contributed by atoms with Crippen LogP contribution < -0.4 is 0 Å². The van der Waals surface area contributed by atoms with E-state index in [0.717, 1.165) is 0 Å². The number of carbonyl (C=O) groups excluding carboxylic acids is 1. The second-order valence-electron chi connectivity index (χ2n) is 2.82. The van der Waals surface area contributed by atoms with Gasteiger partial charge in [0.05, 0.1) is 0 Å². The predicted octanol–water partition coefficient (Wildman–Crippen LogP) is 2.11. The van der Waals surface area contributed by atoms with Crippen LogP contribution in [0.5, 0.6) is 0 Å². The van der Waals surface area contributed by atoms with Crippen molar-refractivity contribution in [3.05, 3.63) is 66.0 Å². The summed E-state index contributed by atoms with van der Waals surface area (Å²) in [6.07, 6.45) is 1.61. The number of nitrogens with zero attached hydrogens (tertiary/aromatic N) is 1. The Bertz CT molecular complexity index is 381. The Balaban J connectivity index is 2.35. The van der Waals surface area contributed by atoms with E-state index in [2.05, 4.69) is 11.1 Å². The molecular weight excluding hydrogens is 174 g/mol. The van der Waals surface area contributed by atoms with Gasteiger partial charge in [0.2, 0.25) is 5.78 Å². The van der Waals surface area contributed by atoms with E-state index in [9.17, 15) is 4.79 Å². The zero-order chi connectivity index (χ0) is 9.80. The van der Waals surface area contributed by atoms with Crippen molar-refractivity contribution in [1.29, 1.82) is 0 Å². The van der Waals surface area contributed by atoms with Crippen molar-refractivity contribution >= 4 is 5.78 Å². The summed E-state index contributed by atoms with van der Waals surface area (Å²) in [5.41, 5.74) is 1.00. The lowest BCUT2D eigenvalue weighted by molar-refractivity contribution is 0.103. The quantitative estimate of drug-likeness (QED) is 0.666. The average Bonchev–Trinajstić information content (AvgIpc) is 2.30. The topological polar surface area (TPSA) is 30.0 Å². The van der Waals surface area contributed by atoms with Crippen LogP contribution in [-0.4, -0.2) is 10.8 Å². The lowest BCUT2D eigenvalue weighted by atomic mass is 10.1. The highest BCUT2D eigenvalue weighted by atomic mass is 16.1. The lowest BCUT2D eigenvalue weighted by Gasteiger charge is -1.97. The monoisotopic (exact) mass is 182 g/mol. The third kappa shape index (κ3) is 1.69. The minimum atomic E-state index is -0.0915. The first-order valence-electron chi connectivity index (χ1n) is 4.30. The van der Waals surface area contributed by atoms with Gasteiger partial charge in [0, 0.05) is 11.8 Å². The van der Waals surface area contributed by atoms with E-state index in [1.54, 1.807) is 36.5 Å². The molecule has 14 heavy (non-hydrogen) atoms. The minimum Gasteiger partial charge on any atom is -0.287 e. The van der Waals surface area contributed by atoms with Crippen LogP contribution in [0.3, 0.4) is 0 Å². The highest BCUT2D eigenvalue weighted by Gasteiger charge is 2.08. The smallest absolute Gasteiger partial charge is 0.211 e. The molecule has 1 radical (unpaired) electrons. The highest BCUT2D eigenvalue weighted by molar-refractivity contribution is 6.07. The molecule has 2 rings (SSSR count). The standard InChI is InChI=1S/C12H8NO/c14-12(10-6-2-1-3-7-10)11-8-4-5-9-13-11/h1-6,8-9H. The fraction of sp³-hybridized carbons (Fsp3) is 0. The Morgan fingerprint density at radius 2 is 2.00 bits per heavy atom. The number of pyridine rings is 1. The zero-order valence-electron chi connectivity index (χ0n) is 7.47. The number of ketones is 1. The van der Waals surface area contributed by atoms with Gasteiger partial charge in [0.25, 0.3) is 0 Å². The largest absolute Gasteiger partial charge is 0.287 e. The summed E-state index contributed by atoms with van der Waals surface area (Å²) in [5.74, 6) is -0.0915. The first-order valence-corrected chi connectivity index (χ1v) is 4.30. The van der Waals surface area contributed by atoms with Crippen molar-refractivity contribution in [3.63, 3.8) is 0 Å². The normalized spacial score (nSPS) is 9.71. The summed E-state index contributed by atoms with van der Waals surface area (Å²) in [6.45, 7) is 0. The van der Waals surface area contributed by atoms with Crippen LogP contribution in [0.15, 0.2) is 48.7 Å². The SMILES string of the molecule is O=C(c1[c]cccc1)c1ccccn1. The van der Waals surface area contributed by atoms with Crippen LogP contribution in [0.4, 0.5) is 0 Å². The molecule has 1 aromatic carbocycles. The van der Waals surface area contributed by atoms with E-state index < -0.39 is 0 Å². The van der Waals surface area contributed by atoms with E-state index in [-0.39, 0.29) is 5.78 Å². The molecule has 2 aromatic rings. The molecule has 0 amide bonds. The van der Waals surface area contributed by atoms with Gasteiger partial charge < -0.3 is 0 Å². The van der Waals surface area contributed by atoms with Crippen molar-refractivity contribution in [2.24, 2.45) is 0 Å². The minimum absolute atomic E-state index is 0.0915. The summed E-state index contributed by atoms with van der Waals surface area (Å²) in [5, 5.41) is 0. The Kier molecular flexibility index (Phi) is 2.36. The Hall–Kier alpha value is -1.96. The number of hydrogen-bond acceptors (Lipinski definition) is 2. The molecule has 1 heterocycles. The van der Waals surface area contributed by atoms with E-state index >= 15 is 0 Å². The fourth-order valence-electron chi connectivity index (χ4n) is 1.17. The third-order valence-corrected chi connectivity index (χ3v) is 1.85. The van der Waals surface area contributed by atoms with Crippen molar-refractivity contribution in [2.45, 2.75) is 0 Å². The van der Waals surface area contributed by atoms with E-state index in [1.807, 2.05) is 12.1 Å². The van der Waals surface area contributed by atoms with E-state index in [0.29, 0.717) is 11.3 Å². The summed E-state index contributed by atoms with van der Waals surface area (Å²) in [4.78, 5) is 15.7. The molecule has 0 unspecified atom stereocenters. The van der Waals surface area contributed by atoms with Gasteiger partial charge in [-0.3, -0.25) is 9.78 Å². The molecule has 67 valence electrons. The van der Waals surface area contributed by atoms with Crippen LogP contribution in [-0.2, 0) is 0 Å². The van der Waals surface area contributed by atoms with Crippen LogP contribution in [0, 0.1) is 6.07 Å². The first-order chi connectivity index (χ1) is 6.88. The number of rotatable bonds is 2. The molecule has 2 heteroatoms. The second kappa shape index (κ2) is 3.83. The molecule has 0 aliphatic carbocycles. The molecule has 0 saturated heterocycles. The van der Waals surface area contributed by atoms with Crippen molar-refractivity contribution in [3.8, 4) is 0 Å². The maximum Gasteiger partial charge on any atom is 0.211 e. The number of aromatic nitrogens is 1. The van der Waals surface area contributed by atoms with Gasteiger partial charge in [-0.25, -0.2) is 0 Å². The van der Waals surface area contributed by atoms with Gasteiger partial charge in [-0.15, -0.1) is 0 Å². The van der Waals surface area contributed by atoms with Crippen LogP contribution in [0.2, 0.25) is 0 Å². The molecular formula is C12H8NO. The number of benzene rings is 1. The highest BCUT2D eigenvalue weighted by Crippen LogP contribution is 2.05. The number of carbonyl (C=O) groups is 1. The Morgan fingerprint density at radius 1 is 1.14 bits per heavy atom. The van der Waals surface area contributed by atoms with E-state index in [4.69, 9.17) is 0 Å². The van der Waals surface area contributed by atoms with Crippen molar-refractivity contribution in [2.75, 3.05) is 0 Å². The van der Waals surface area contributed by atoms with Gasteiger partial charge in [0.1, 0.15) is 5.69 Å². The maximum absolute atomic E-state index is 11.8. The number of hydrogen-bond donors (Lipinski definition) is 0. The molecule has 0 fully saturated rings. The summed E-state index contributed by atoms with van der Waals surface area (Å²) < 4.78 is 0. The summed E-state index contributed by atoms with van der Waals surface area (Å²) >= 11 is 0. The van der Waals surface area contributed by atoms with Gasteiger partial charge in [-0.05, 0) is 18.2 Å². The molecule has 1 aromatic heterocycles. The van der Waals surface area contributed by atoms with Crippen LogP contribution in [0.25, 0.3) is 0 Å². The van der Waals surface area contributed by atoms with Gasteiger partial charge in [-0.1, -0.05) is 30.3 Å². The van der Waals surface area contributed by atoms with Crippen molar-refractivity contribution < 1.29 is 4.79 Å². The predicted molar refractivity (Wildman–Crippen MR) is 52.9 cm³/mol. The molecule has 0 aliphatic heterocycles. The molecule has 0 spiro atoms. The molecule has 0 atom stereocenters. The van der Waals surface area contributed by atoms with Crippen LogP contribution in [0.1, 0.15) is 16.1 Å². The molecule has 2 nitrogen and oxygen atoms in total. The van der Waals surface area contributed by atoms with Gasteiger partial charge in [-0.2, -0.15) is 0 Å². The molecule has 0 bridgehead atoms. The fourth-order valence-corrected chi connectivity index (χ4v) is 1.17. The first kappa shape index (κ1) is 8.63. The Labute approximate surface area is 82.2 Å². The lowest BCUT2D eigenvalue weighted by Crippen LogP contribution is -2.02. The van der Waals surface area contributed by atoms with Gasteiger partial charge in [0.15, 0.2) is 0 Å². The van der Waals surface area contributed by atoms with Crippen molar-refractivity contribution in [1.82, 2.24) is 4.98 Å². The molecule has 0 aliphatic rings. The second-order valence-corrected chi connectivity index (χ2v) is 2.82. The summed E-state index contributed by atoms with van der Waals surface area (Å²) in [6, 6.07) is 15.2. The average molecular weight is 182 g/mol. The van der Waals surface area contributed by atoms with E-state index in [1.165, 1.54) is 0 Å². The molecule has 0 saturated carbocycles. The zero-order valence-corrected chi connectivity index (χ0v) is 7.47.